The highest BCUT2D eigenvalue weighted by Crippen LogP contribution is 2.25. The largest absolute Gasteiger partial charge is 0.497 e. The maximum Gasteiger partial charge on any atom is 0.247 e. The van der Waals surface area contributed by atoms with Crippen LogP contribution in [0.25, 0.3) is 10.9 Å². The van der Waals surface area contributed by atoms with E-state index in [2.05, 4.69) is 26.3 Å². The Morgan fingerprint density at radius 2 is 1.97 bits per heavy atom. The van der Waals surface area contributed by atoms with Gasteiger partial charge in [-0.3, -0.25) is 19.4 Å². The molecule has 200 valence electrons. The van der Waals surface area contributed by atoms with Gasteiger partial charge in [-0.2, -0.15) is 0 Å². The minimum Gasteiger partial charge on any atom is -0.497 e. The molecule has 2 aromatic carbocycles. The fourth-order valence-corrected chi connectivity index (χ4v) is 4.64. The molecule has 10 nitrogen and oxygen atoms in total. The summed E-state index contributed by atoms with van der Waals surface area (Å²) in [5, 5.41) is 12.6. The van der Waals surface area contributed by atoms with Crippen molar-refractivity contribution < 1.29 is 19.1 Å². The van der Waals surface area contributed by atoms with Gasteiger partial charge in [0.15, 0.2) is 0 Å². The van der Waals surface area contributed by atoms with E-state index in [0.29, 0.717) is 37.2 Å². The molecule has 2 heterocycles. The quantitative estimate of drug-likeness (QED) is 0.273. The Hall–Kier alpha value is -4.02. The van der Waals surface area contributed by atoms with Crippen LogP contribution in [0.2, 0.25) is 0 Å². The lowest BCUT2D eigenvalue weighted by Gasteiger charge is -2.21. The number of carbonyl (C=O) groups is 3. The molecule has 0 spiro atoms. The van der Waals surface area contributed by atoms with Gasteiger partial charge in [-0.25, -0.2) is 0 Å². The van der Waals surface area contributed by atoms with E-state index < -0.39 is 12.1 Å². The molecule has 1 fully saturated rings. The van der Waals surface area contributed by atoms with E-state index in [1.54, 1.807) is 13.3 Å². The average Bonchev–Trinajstić information content (AvgIpc) is 3.39. The van der Waals surface area contributed by atoms with Crippen LogP contribution in [0.15, 0.2) is 54.7 Å². The van der Waals surface area contributed by atoms with Gasteiger partial charge in [-0.05, 0) is 55.5 Å². The molecule has 1 aliphatic heterocycles. The predicted octanol–water partition coefficient (Wildman–Crippen LogP) is 1.41. The molecule has 3 amide bonds. The van der Waals surface area contributed by atoms with Gasteiger partial charge >= 0.3 is 0 Å². The zero-order valence-corrected chi connectivity index (χ0v) is 21.6. The van der Waals surface area contributed by atoms with Crippen LogP contribution in [0.4, 0.5) is 5.69 Å². The summed E-state index contributed by atoms with van der Waals surface area (Å²) in [6, 6.07) is 13.9. The lowest BCUT2D eigenvalue weighted by molar-refractivity contribution is -0.127. The molecule has 0 aliphatic carbocycles. The number of methoxy groups -OCH3 is 1. The Labute approximate surface area is 221 Å². The Bertz CT molecular complexity index is 1300. The summed E-state index contributed by atoms with van der Waals surface area (Å²) in [5.41, 5.74) is 8.76. The highest BCUT2D eigenvalue weighted by Gasteiger charge is 2.32. The number of nitrogens with one attached hydrogen (secondary N) is 4. The van der Waals surface area contributed by atoms with Crippen molar-refractivity contribution in [1.82, 2.24) is 20.9 Å². The van der Waals surface area contributed by atoms with Crippen LogP contribution in [0.5, 0.6) is 5.75 Å². The fraction of sp³-hybridized carbons (Fsp3) is 0.357. The number of ether oxygens (including phenoxy) is 1. The van der Waals surface area contributed by atoms with Crippen LogP contribution in [0, 0.1) is 6.92 Å². The maximum absolute atomic E-state index is 13.4. The number of aryl methyl sites for hydroxylation is 2. The van der Waals surface area contributed by atoms with Crippen LogP contribution < -0.4 is 31.7 Å². The molecule has 1 aromatic heterocycles. The van der Waals surface area contributed by atoms with Gasteiger partial charge in [0.05, 0.1) is 37.1 Å². The zero-order valence-electron chi connectivity index (χ0n) is 21.6. The highest BCUT2D eigenvalue weighted by atomic mass is 16.5. The number of pyridine rings is 1. The lowest BCUT2D eigenvalue weighted by Crippen LogP contribution is -2.50. The second-order valence-corrected chi connectivity index (χ2v) is 9.48. The minimum absolute atomic E-state index is 0.106. The molecule has 0 radical (unpaired) electrons. The van der Waals surface area contributed by atoms with Crippen LogP contribution in [-0.4, -0.2) is 61.0 Å². The maximum atomic E-state index is 13.4. The summed E-state index contributed by atoms with van der Waals surface area (Å²) in [7, 11) is 1.60. The molecule has 0 bridgehead atoms. The molecule has 10 heteroatoms. The second-order valence-electron chi connectivity index (χ2n) is 9.48. The minimum atomic E-state index is -0.773. The number of fused-ring (bicyclic) bond motifs is 1. The van der Waals surface area contributed by atoms with E-state index in [0.717, 1.165) is 22.0 Å². The Balaban J connectivity index is 1.47. The van der Waals surface area contributed by atoms with E-state index in [-0.39, 0.29) is 30.3 Å². The molecule has 38 heavy (non-hydrogen) atoms. The molecule has 1 saturated heterocycles. The first kappa shape index (κ1) is 27.0. The van der Waals surface area contributed by atoms with Crippen LogP contribution in [0.3, 0.4) is 0 Å². The number of nitrogens with zero attached hydrogens (tertiary/aromatic N) is 1. The molecule has 6 N–H and O–H groups in total. The number of carbonyl (C=O) groups excluding carboxylic acids is 3. The van der Waals surface area contributed by atoms with Gasteiger partial charge < -0.3 is 31.7 Å². The van der Waals surface area contributed by atoms with Crippen LogP contribution in [0.1, 0.15) is 24.0 Å². The summed E-state index contributed by atoms with van der Waals surface area (Å²) in [6.45, 7) is 2.30. The van der Waals surface area contributed by atoms with Crippen LogP contribution >= 0.6 is 0 Å². The van der Waals surface area contributed by atoms with Crippen molar-refractivity contribution >= 4 is 34.3 Å². The smallest absolute Gasteiger partial charge is 0.247 e. The first-order chi connectivity index (χ1) is 18.4. The molecular formula is C28H34N6O4. The molecule has 4 rings (SSSR count). The number of benzene rings is 2. The van der Waals surface area contributed by atoms with Crippen LogP contribution in [-0.2, 0) is 20.8 Å². The van der Waals surface area contributed by atoms with Gasteiger partial charge in [0.1, 0.15) is 11.8 Å². The van der Waals surface area contributed by atoms with Gasteiger partial charge in [0.2, 0.25) is 17.7 Å². The summed E-state index contributed by atoms with van der Waals surface area (Å²) >= 11 is 0. The van der Waals surface area contributed by atoms with Crippen molar-refractivity contribution in [2.45, 2.75) is 44.3 Å². The predicted molar refractivity (Wildman–Crippen MR) is 146 cm³/mol. The highest BCUT2D eigenvalue weighted by molar-refractivity contribution is 5.99. The van der Waals surface area contributed by atoms with Gasteiger partial charge in [0, 0.05) is 18.0 Å². The van der Waals surface area contributed by atoms with E-state index in [4.69, 9.17) is 10.5 Å². The number of hydrogen-bond donors (Lipinski definition) is 5. The van der Waals surface area contributed by atoms with Crippen molar-refractivity contribution in [2.24, 2.45) is 5.73 Å². The summed E-state index contributed by atoms with van der Waals surface area (Å²) < 4.78 is 5.37. The van der Waals surface area contributed by atoms with E-state index in [1.807, 2.05) is 55.5 Å². The summed E-state index contributed by atoms with van der Waals surface area (Å²) in [4.78, 5) is 42.6. The Morgan fingerprint density at radius 3 is 2.71 bits per heavy atom. The van der Waals surface area contributed by atoms with Gasteiger partial charge in [-0.15, -0.1) is 0 Å². The third-order valence-electron chi connectivity index (χ3n) is 6.65. The monoisotopic (exact) mass is 518 g/mol. The molecule has 0 unspecified atom stereocenters. The van der Waals surface area contributed by atoms with Crippen molar-refractivity contribution in [3.05, 3.63) is 65.9 Å². The zero-order chi connectivity index (χ0) is 27.1. The fourth-order valence-electron chi connectivity index (χ4n) is 4.64. The van der Waals surface area contributed by atoms with E-state index >= 15 is 0 Å². The van der Waals surface area contributed by atoms with E-state index in [9.17, 15) is 14.4 Å². The first-order valence-corrected chi connectivity index (χ1v) is 12.7. The lowest BCUT2D eigenvalue weighted by atomic mass is 10.0. The third-order valence-corrected chi connectivity index (χ3v) is 6.65. The Kier molecular flexibility index (Phi) is 8.88. The Morgan fingerprint density at radius 1 is 1.18 bits per heavy atom. The number of amides is 3. The van der Waals surface area contributed by atoms with Crippen molar-refractivity contribution in [3.8, 4) is 5.75 Å². The number of rotatable bonds is 10. The third kappa shape index (κ3) is 6.84. The van der Waals surface area contributed by atoms with E-state index in [1.165, 1.54) is 0 Å². The summed E-state index contributed by atoms with van der Waals surface area (Å²) in [5.74, 6) is -0.186. The summed E-state index contributed by atoms with van der Waals surface area (Å²) in [6.07, 6.45) is 3.05. The topological polar surface area (TPSA) is 147 Å². The first-order valence-electron chi connectivity index (χ1n) is 12.7. The molecule has 1 aliphatic rings. The number of nitrogens with two attached hydrogens (primary N) is 1. The molecular weight excluding hydrogens is 484 g/mol. The number of hydrogen-bond acceptors (Lipinski definition) is 7. The second kappa shape index (κ2) is 12.5. The number of aromatic nitrogens is 1. The normalized spacial score (nSPS) is 17.6. The molecule has 0 saturated carbocycles. The average molecular weight is 519 g/mol. The number of anilines is 1. The van der Waals surface area contributed by atoms with Gasteiger partial charge in [-0.1, -0.05) is 30.3 Å². The molecule has 3 aromatic rings. The standard InChI is InChI=1S/C28H34N6O4/c1-17-10-22(38-2)12-19-11-20(16-31-26(17)19)33-27(36)23(9-8-18-6-4-3-5-7-18)34-28(37)24-13-21(15-30-24)32-25(35)14-29/h3-7,10-12,16,21,23-24,30H,8-9,13-15,29H2,1-2H3,(H,32,35)(H,33,36)(H,34,37)/t21-,23-,24+/m1/s1. The SMILES string of the molecule is COc1cc(C)c2ncc(NC(=O)[C@@H](CCc3ccccc3)NC(=O)[C@@H]3C[C@@H](NC(=O)CN)CN3)cc2c1. The van der Waals surface area contributed by atoms with Gasteiger partial charge in [0.25, 0.3) is 0 Å². The van der Waals surface area contributed by atoms with Crippen molar-refractivity contribution in [1.29, 1.82) is 0 Å². The van der Waals surface area contributed by atoms with Crippen molar-refractivity contribution in [2.75, 3.05) is 25.5 Å². The van der Waals surface area contributed by atoms with Crippen molar-refractivity contribution in [3.63, 3.8) is 0 Å². The molecule has 3 atom stereocenters.